The van der Waals surface area contributed by atoms with Crippen LogP contribution >= 0.6 is 0 Å². The van der Waals surface area contributed by atoms with Gasteiger partial charge in [0, 0.05) is 20.0 Å². The van der Waals surface area contributed by atoms with E-state index in [1.54, 1.807) is 14.0 Å². The molecule has 100 valence electrons. The molecule has 2 amide bonds. The number of nitrogen functional groups attached to an aromatic ring is 1. The Morgan fingerprint density at radius 1 is 1.39 bits per heavy atom. The number of carbonyl (C=O) groups is 2. The van der Waals surface area contributed by atoms with Crippen LogP contribution in [0.5, 0.6) is 0 Å². The fourth-order valence-electron chi connectivity index (χ4n) is 1.65. The number of nitrogens with one attached hydrogen (secondary N) is 1. The molecule has 7 heteroatoms. The molecule has 0 bridgehead atoms. The van der Waals surface area contributed by atoms with Gasteiger partial charge in [-0.2, -0.15) is 5.10 Å². The fraction of sp³-hybridized carbons (Fsp3) is 0.545. The van der Waals surface area contributed by atoms with Crippen molar-refractivity contribution in [1.29, 1.82) is 0 Å². The highest BCUT2D eigenvalue weighted by Crippen LogP contribution is 2.14. The average molecular weight is 253 g/mol. The zero-order valence-corrected chi connectivity index (χ0v) is 10.7. The molecule has 0 spiro atoms. The van der Waals surface area contributed by atoms with Gasteiger partial charge >= 0.3 is 0 Å². The number of aromatic nitrogens is 2. The zero-order chi connectivity index (χ0) is 13.7. The Labute approximate surface area is 106 Å². The Morgan fingerprint density at radius 2 is 2.06 bits per heavy atom. The maximum atomic E-state index is 11.9. The van der Waals surface area contributed by atoms with Crippen LogP contribution in [0.2, 0.25) is 0 Å². The number of unbranched alkanes of at least 4 members (excludes halogenated alkanes) is 1. The summed E-state index contributed by atoms with van der Waals surface area (Å²) in [6.07, 6.45) is 1.70. The van der Waals surface area contributed by atoms with Gasteiger partial charge in [-0.3, -0.25) is 14.3 Å². The molecule has 1 rings (SSSR count). The first kappa shape index (κ1) is 14.0. The molecule has 0 unspecified atom stereocenters. The summed E-state index contributed by atoms with van der Waals surface area (Å²) in [6, 6.07) is 0. The summed E-state index contributed by atoms with van der Waals surface area (Å²) >= 11 is 0. The van der Waals surface area contributed by atoms with Crippen molar-refractivity contribution in [3.63, 3.8) is 0 Å². The molecule has 1 aromatic rings. The smallest absolute Gasteiger partial charge is 0.271 e. The Balaban J connectivity index is 2.44. The molecule has 0 aliphatic rings. The molecule has 0 saturated carbocycles. The van der Waals surface area contributed by atoms with E-state index in [9.17, 15) is 9.59 Å². The number of hydrogen-bond acceptors (Lipinski definition) is 4. The van der Waals surface area contributed by atoms with Gasteiger partial charge in [0.15, 0.2) is 0 Å². The quantitative estimate of drug-likeness (QED) is 0.603. The van der Waals surface area contributed by atoms with Gasteiger partial charge in [0.25, 0.3) is 5.91 Å². The number of amides is 2. The number of hydrogen-bond donors (Lipinski definition) is 3. The van der Waals surface area contributed by atoms with Crippen molar-refractivity contribution in [1.82, 2.24) is 15.1 Å². The minimum absolute atomic E-state index is 0.255. The second-order valence-corrected chi connectivity index (χ2v) is 4.15. The van der Waals surface area contributed by atoms with Gasteiger partial charge in [-0.05, 0) is 19.8 Å². The molecule has 0 saturated heterocycles. The molecule has 1 aromatic heterocycles. The van der Waals surface area contributed by atoms with E-state index < -0.39 is 0 Å². The van der Waals surface area contributed by atoms with E-state index in [1.807, 2.05) is 0 Å². The number of rotatable bonds is 6. The molecular formula is C11H19N5O2. The highest BCUT2D eigenvalue weighted by atomic mass is 16.2. The van der Waals surface area contributed by atoms with Gasteiger partial charge < -0.3 is 16.8 Å². The molecule has 0 radical (unpaired) electrons. The Morgan fingerprint density at radius 3 is 2.56 bits per heavy atom. The maximum absolute atomic E-state index is 11.9. The van der Waals surface area contributed by atoms with Gasteiger partial charge in [0.1, 0.15) is 5.69 Å². The number of nitrogens with two attached hydrogens (primary N) is 2. The van der Waals surface area contributed by atoms with E-state index in [0.717, 1.165) is 0 Å². The highest BCUT2D eigenvalue weighted by Gasteiger charge is 2.17. The van der Waals surface area contributed by atoms with Crippen LogP contribution in [0, 0.1) is 6.92 Å². The van der Waals surface area contributed by atoms with E-state index >= 15 is 0 Å². The first-order valence-electron chi connectivity index (χ1n) is 5.79. The second kappa shape index (κ2) is 6.04. The lowest BCUT2D eigenvalue weighted by Crippen LogP contribution is -2.27. The summed E-state index contributed by atoms with van der Waals surface area (Å²) in [5, 5.41) is 6.80. The predicted molar refractivity (Wildman–Crippen MR) is 67.7 cm³/mol. The third kappa shape index (κ3) is 3.47. The van der Waals surface area contributed by atoms with Crippen molar-refractivity contribution in [3.8, 4) is 0 Å². The first-order valence-corrected chi connectivity index (χ1v) is 5.79. The largest absolute Gasteiger partial charge is 0.395 e. The number of anilines is 1. The van der Waals surface area contributed by atoms with E-state index in [-0.39, 0.29) is 11.8 Å². The molecule has 0 aromatic carbocycles. The summed E-state index contributed by atoms with van der Waals surface area (Å²) in [6.45, 7) is 2.23. The Hall–Kier alpha value is -2.05. The number of aryl methyl sites for hydroxylation is 2. The monoisotopic (exact) mass is 253 g/mol. The third-order valence-corrected chi connectivity index (χ3v) is 2.62. The zero-order valence-electron chi connectivity index (χ0n) is 10.7. The number of primary amides is 1. The van der Waals surface area contributed by atoms with Crippen LogP contribution in [0.1, 0.15) is 35.4 Å². The van der Waals surface area contributed by atoms with E-state index in [1.165, 1.54) is 4.68 Å². The van der Waals surface area contributed by atoms with Crippen molar-refractivity contribution < 1.29 is 9.59 Å². The summed E-state index contributed by atoms with van der Waals surface area (Å²) in [4.78, 5) is 22.4. The molecule has 0 aliphatic carbocycles. The summed E-state index contributed by atoms with van der Waals surface area (Å²) in [7, 11) is 1.67. The lowest BCUT2D eigenvalue weighted by atomic mass is 10.2. The molecule has 5 N–H and O–H groups in total. The average Bonchev–Trinajstić information content (AvgIpc) is 2.52. The predicted octanol–water partition coefficient (Wildman–Crippen LogP) is -0.304. The highest BCUT2D eigenvalue weighted by molar-refractivity contribution is 5.97. The maximum Gasteiger partial charge on any atom is 0.271 e. The molecule has 7 nitrogen and oxygen atoms in total. The first-order chi connectivity index (χ1) is 8.43. The molecular weight excluding hydrogens is 234 g/mol. The van der Waals surface area contributed by atoms with E-state index in [4.69, 9.17) is 11.5 Å². The van der Waals surface area contributed by atoms with Gasteiger partial charge in [0.05, 0.1) is 11.4 Å². The van der Waals surface area contributed by atoms with Crippen LogP contribution in [0.4, 0.5) is 5.69 Å². The summed E-state index contributed by atoms with van der Waals surface area (Å²) in [5.74, 6) is -0.581. The minimum atomic E-state index is -0.326. The van der Waals surface area contributed by atoms with Gasteiger partial charge in [-0.15, -0.1) is 0 Å². The number of carbonyl (C=O) groups excluding carboxylic acids is 2. The molecule has 0 aliphatic heterocycles. The van der Waals surface area contributed by atoms with Crippen LogP contribution in [0.15, 0.2) is 0 Å². The minimum Gasteiger partial charge on any atom is -0.395 e. The molecule has 1 heterocycles. The van der Waals surface area contributed by atoms with Crippen molar-refractivity contribution in [2.24, 2.45) is 12.8 Å². The lowest BCUT2D eigenvalue weighted by molar-refractivity contribution is -0.118. The van der Waals surface area contributed by atoms with Crippen molar-refractivity contribution in [2.75, 3.05) is 12.3 Å². The Kier molecular flexibility index (Phi) is 4.70. The topological polar surface area (TPSA) is 116 Å². The van der Waals surface area contributed by atoms with Crippen LogP contribution in [0.25, 0.3) is 0 Å². The van der Waals surface area contributed by atoms with Gasteiger partial charge in [0.2, 0.25) is 5.91 Å². The fourth-order valence-corrected chi connectivity index (χ4v) is 1.65. The second-order valence-electron chi connectivity index (χ2n) is 4.15. The van der Waals surface area contributed by atoms with E-state index in [2.05, 4.69) is 10.4 Å². The standard InChI is InChI=1S/C11H19N5O2/c1-7-9(13)10(16(2)15-7)11(18)14-6-4-3-5-8(12)17/h3-6,13H2,1-2H3,(H2,12,17)(H,14,18). The van der Waals surface area contributed by atoms with E-state index in [0.29, 0.717) is 42.9 Å². The van der Waals surface area contributed by atoms with Crippen molar-refractivity contribution >= 4 is 17.5 Å². The normalized spacial score (nSPS) is 10.3. The van der Waals surface area contributed by atoms with Crippen molar-refractivity contribution in [3.05, 3.63) is 11.4 Å². The summed E-state index contributed by atoms with van der Waals surface area (Å²) in [5.41, 5.74) is 12.2. The van der Waals surface area contributed by atoms with Crippen LogP contribution in [0.3, 0.4) is 0 Å². The SMILES string of the molecule is Cc1nn(C)c(C(=O)NCCCCC(N)=O)c1N. The molecule has 0 atom stereocenters. The van der Waals surface area contributed by atoms with Gasteiger partial charge in [-0.25, -0.2) is 0 Å². The van der Waals surface area contributed by atoms with Crippen LogP contribution < -0.4 is 16.8 Å². The summed E-state index contributed by atoms with van der Waals surface area (Å²) < 4.78 is 1.46. The van der Waals surface area contributed by atoms with Crippen LogP contribution in [-0.4, -0.2) is 28.1 Å². The van der Waals surface area contributed by atoms with Crippen LogP contribution in [-0.2, 0) is 11.8 Å². The third-order valence-electron chi connectivity index (χ3n) is 2.62. The molecule has 0 fully saturated rings. The molecule has 18 heavy (non-hydrogen) atoms. The van der Waals surface area contributed by atoms with Crippen molar-refractivity contribution in [2.45, 2.75) is 26.2 Å². The Bertz CT molecular complexity index is 453. The number of nitrogens with zero attached hydrogens (tertiary/aromatic N) is 2. The van der Waals surface area contributed by atoms with Gasteiger partial charge in [-0.1, -0.05) is 0 Å². The lowest BCUT2D eigenvalue weighted by Gasteiger charge is -2.05.